The third-order valence-electron chi connectivity index (χ3n) is 5.11. The van der Waals surface area contributed by atoms with E-state index in [1.54, 1.807) is 16.6 Å². The number of nitrogens with zero attached hydrogens (tertiary/aromatic N) is 5. The smallest absolute Gasteiger partial charge is 0.185 e. The lowest BCUT2D eigenvalue weighted by Gasteiger charge is -2.37. The van der Waals surface area contributed by atoms with E-state index in [-0.39, 0.29) is 18.0 Å². The van der Waals surface area contributed by atoms with Crippen LogP contribution < -0.4 is 4.90 Å². The standard InChI is InChI=1S/C22H20FN5O/c1-15-13-27(14-19(29-15)16-7-9-18(23)10-8-16)21-12-11-20-24-25-22(28(20)26-21)17-5-3-2-4-6-17/h2-12,15,19H,13-14H2,1H3. The molecule has 1 aliphatic rings. The minimum absolute atomic E-state index is 0.0193. The van der Waals surface area contributed by atoms with E-state index >= 15 is 0 Å². The Hall–Kier alpha value is -3.32. The highest BCUT2D eigenvalue weighted by molar-refractivity contribution is 5.59. The molecule has 1 aliphatic heterocycles. The van der Waals surface area contributed by atoms with Gasteiger partial charge in [0.15, 0.2) is 11.5 Å². The molecule has 1 saturated heterocycles. The van der Waals surface area contributed by atoms with Gasteiger partial charge < -0.3 is 9.64 Å². The van der Waals surface area contributed by atoms with Gasteiger partial charge in [0.2, 0.25) is 0 Å². The van der Waals surface area contributed by atoms with Crippen molar-refractivity contribution < 1.29 is 9.13 Å². The number of hydrogen-bond donors (Lipinski definition) is 0. The molecule has 5 rings (SSSR count). The molecule has 2 atom stereocenters. The van der Waals surface area contributed by atoms with Crippen molar-refractivity contribution in [3.05, 3.63) is 78.1 Å². The lowest BCUT2D eigenvalue weighted by molar-refractivity contribution is -0.0176. The molecule has 0 bridgehead atoms. The van der Waals surface area contributed by atoms with E-state index in [9.17, 15) is 4.39 Å². The molecule has 0 radical (unpaired) electrons. The van der Waals surface area contributed by atoms with Crippen LogP contribution in [0.1, 0.15) is 18.6 Å². The fraction of sp³-hybridized carbons (Fsp3) is 0.227. The first-order valence-corrected chi connectivity index (χ1v) is 9.61. The van der Waals surface area contributed by atoms with Crippen LogP contribution in [0.15, 0.2) is 66.7 Å². The fourth-order valence-electron chi connectivity index (χ4n) is 3.72. The summed E-state index contributed by atoms with van der Waals surface area (Å²) in [6, 6.07) is 20.3. The lowest BCUT2D eigenvalue weighted by atomic mass is 10.1. The van der Waals surface area contributed by atoms with Crippen molar-refractivity contribution in [3.63, 3.8) is 0 Å². The van der Waals surface area contributed by atoms with Crippen molar-refractivity contribution in [2.75, 3.05) is 18.0 Å². The minimum Gasteiger partial charge on any atom is -0.367 e. The molecule has 2 aromatic carbocycles. The van der Waals surface area contributed by atoms with E-state index in [2.05, 4.69) is 15.1 Å². The average Bonchev–Trinajstić information content (AvgIpc) is 3.18. The van der Waals surface area contributed by atoms with Gasteiger partial charge in [-0.3, -0.25) is 0 Å². The predicted molar refractivity (Wildman–Crippen MR) is 108 cm³/mol. The third-order valence-corrected chi connectivity index (χ3v) is 5.11. The molecule has 146 valence electrons. The van der Waals surface area contributed by atoms with E-state index in [0.29, 0.717) is 18.0 Å². The quantitative estimate of drug-likeness (QED) is 0.532. The van der Waals surface area contributed by atoms with Crippen LogP contribution in [0.25, 0.3) is 17.0 Å². The fourth-order valence-corrected chi connectivity index (χ4v) is 3.72. The molecule has 0 N–H and O–H groups in total. The van der Waals surface area contributed by atoms with Crippen molar-refractivity contribution in [1.82, 2.24) is 19.8 Å². The van der Waals surface area contributed by atoms with Gasteiger partial charge in [0.25, 0.3) is 0 Å². The highest BCUT2D eigenvalue weighted by Gasteiger charge is 2.28. The largest absolute Gasteiger partial charge is 0.367 e. The van der Waals surface area contributed by atoms with Crippen molar-refractivity contribution in [1.29, 1.82) is 0 Å². The van der Waals surface area contributed by atoms with E-state index in [1.165, 1.54) is 12.1 Å². The maximum Gasteiger partial charge on any atom is 0.185 e. The molecule has 0 spiro atoms. The third kappa shape index (κ3) is 3.45. The summed E-state index contributed by atoms with van der Waals surface area (Å²) in [6.07, 6.45) is -0.128. The van der Waals surface area contributed by atoms with Crippen molar-refractivity contribution in [3.8, 4) is 11.4 Å². The minimum atomic E-state index is -0.248. The zero-order valence-corrected chi connectivity index (χ0v) is 15.9. The van der Waals surface area contributed by atoms with Crippen LogP contribution >= 0.6 is 0 Å². The van der Waals surface area contributed by atoms with Gasteiger partial charge >= 0.3 is 0 Å². The van der Waals surface area contributed by atoms with Gasteiger partial charge in [-0.25, -0.2) is 4.39 Å². The first-order valence-electron chi connectivity index (χ1n) is 9.61. The number of aromatic nitrogens is 4. The number of rotatable bonds is 3. The zero-order chi connectivity index (χ0) is 19.8. The van der Waals surface area contributed by atoms with Gasteiger partial charge in [-0.15, -0.1) is 15.3 Å². The van der Waals surface area contributed by atoms with Crippen LogP contribution in [-0.2, 0) is 4.74 Å². The molecular weight excluding hydrogens is 369 g/mol. The molecule has 6 nitrogen and oxygen atoms in total. The summed E-state index contributed by atoms with van der Waals surface area (Å²) < 4.78 is 21.2. The SMILES string of the molecule is CC1CN(c2ccc3nnc(-c4ccccc4)n3n2)CC(c2ccc(F)cc2)O1. The Morgan fingerprint density at radius 3 is 2.52 bits per heavy atom. The van der Waals surface area contributed by atoms with Gasteiger partial charge in [0, 0.05) is 18.7 Å². The number of hydrogen-bond acceptors (Lipinski definition) is 5. The maximum atomic E-state index is 13.3. The van der Waals surface area contributed by atoms with Gasteiger partial charge in [-0.2, -0.15) is 4.52 Å². The van der Waals surface area contributed by atoms with Gasteiger partial charge in [-0.1, -0.05) is 42.5 Å². The summed E-state index contributed by atoms with van der Waals surface area (Å²) in [4.78, 5) is 2.19. The molecule has 1 fully saturated rings. The van der Waals surface area contributed by atoms with Crippen LogP contribution in [0.3, 0.4) is 0 Å². The molecule has 0 saturated carbocycles. The van der Waals surface area contributed by atoms with Crippen LogP contribution in [0.5, 0.6) is 0 Å². The Kier molecular flexibility index (Phi) is 4.44. The number of ether oxygens (including phenoxy) is 1. The topological polar surface area (TPSA) is 55.6 Å². The number of morpholine rings is 1. The monoisotopic (exact) mass is 389 g/mol. The Morgan fingerprint density at radius 2 is 1.72 bits per heavy atom. The summed E-state index contributed by atoms with van der Waals surface area (Å²) >= 11 is 0. The summed E-state index contributed by atoms with van der Waals surface area (Å²) in [5.41, 5.74) is 2.62. The first-order chi connectivity index (χ1) is 14.2. The summed E-state index contributed by atoms with van der Waals surface area (Å²) in [6.45, 7) is 3.39. The molecule has 2 unspecified atom stereocenters. The lowest BCUT2D eigenvalue weighted by Crippen LogP contribution is -2.43. The molecule has 3 heterocycles. The predicted octanol–water partition coefficient (Wildman–Crippen LogP) is 3.90. The van der Waals surface area contributed by atoms with Crippen LogP contribution in [0.2, 0.25) is 0 Å². The molecule has 4 aromatic rings. The maximum absolute atomic E-state index is 13.3. The summed E-state index contributed by atoms with van der Waals surface area (Å²) in [5.74, 6) is 1.29. The van der Waals surface area contributed by atoms with Crippen LogP contribution in [0, 0.1) is 5.82 Å². The normalized spacial score (nSPS) is 19.6. The summed E-state index contributed by atoms with van der Waals surface area (Å²) in [5, 5.41) is 13.4. The van der Waals surface area contributed by atoms with Crippen LogP contribution in [-0.4, -0.2) is 39.0 Å². The van der Waals surface area contributed by atoms with Gasteiger partial charge in [0.1, 0.15) is 17.7 Å². The number of fused-ring (bicyclic) bond motifs is 1. The molecular formula is C22H20FN5O. The van der Waals surface area contributed by atoms with Crippen molar-refractivity contribution >= 4 is 11.5 Å². The van der Waals surface area contributed by atoms with Crippen molar-refractivity contribution in [2.45, 2.75) is 19.1 Å². The number of benzene rings is 2. The second kappa shape index (κ2) is 7.25. The molecule has 2 aromatic heterocycles. The average molecular weight is 389 g/mol. The molecule has 0 amide bonds. The highest BCUT2D eigenvalue weighted by Crippen LogP contribution is 2.28. The highest BCUT2D eigenvalue weighted by atomic mass is 19.1. The molecule has 7 heteroatoms. The van der Waals surface area contributed by atoms with E-state index in [4.69, 9.17) is 9.84 Å². The van der Waals surface area contributed by atoms with E-state index in [0.717, 1.165) is 23.5 Å². The second-order valence-corrected chi connectivity index (χ2v) is 7.24. The van der Waals surface area contributed by atoms with Crippen LogP contribution in [0.4, 0.5) is 10.2 Å². The van der Waals surface area contributed by atoms with Gasteiger partial charge in [-0.05, 0) is 36.8 Å². The Balaban J connectivity index is 1.48. The molecule has 29 heavy (non-hydrogen) atoms. The van der Waals surface area contributed by atoms with E-state index < -0.39 is 0 Å². The number of anilines is 1. The summed E-state index contributed by atoms with van der Waals surface area (Å²) in [7, 11) is 0. The Bertz CT molecular complexity index is 1130. The Morgan fingerprint density at radius 1 is 0.931 bits per heavy atom. The molecule has 0 aliphatic carbocycles. The van der Waals surface area contributed by atoms with Crippen molar-refractivity contribution in [2.24, 2.45) is 0 Å². The second-order valence-electron chi connectivity index (χ2n) is 7.24. The number of halogens is 1. The zero-order valence-electron chi connectivity index (χ0n) is 15.9. The van der Waals surface area contributed by atoms with Gasteiger partial charge in [0.05, 0.1) is 6.10 Å². The Labute approximate surface area is 167 Å². The first kappa shape index (κ1) is 17.8. The van der Waals surface area contributed by atoms with E-state index in [1.807, 2.05) is 49.4 Å².